The van der Waals surface area contributed by atoms with Gasteiger partial charge >= 0.3 is 11.8 Å². The Morgan fingerprint density at radius 1 is 1.33 bits per heavy atom. The van der Waals surface area contributed by atoms with Crippen molar-refractivity contribution in [3.8, 4) is 5.88 Å². The van der Waals surface area contributed by atoms with Crippen molar-refractivity contribution in [2.75, 3.05) is 19.5 Å². The van der Waals surface area contributed by atoms with Gasteiger partial charge in [-0.25, -0.2) is 4.98 Å². The minimum atomic E-state index is -0.732. The molecule has 0 saturated heterocycles. The highest BCUT2D eigenvalue weighted by molar-refractivity contribution is 6.39. The van der Waals surface area contributed by atoms with Gasteiger partial charge in [-0.2, -0.15) is 0 Å². The number of amides is 2. The molecule has 80 valence electrons. The number of ether oxygens (including phenoxy) is 1. The van der Waals surface area contributed by atoms with Gasteiger partial charge in [-0.3, -0.25) is 9.59 Å². The fraction of sp³-hybridized carbons (Fsp3) is 0.222. The maximum absolute atomic E-state index is 11.1. The first-order chi connectivity index (χ1) is 7.17. The first kappa shape index (κ1) is 11.0. The molecule has 0 saturated carbocycles. The summed E-state index contributed by atoms with van der Waals surface area (Å²) in [6.07, 6.45) is 1.40. The number of likely N-dealkylation sites (N-methyl/N-ethyl adjacent to an activating group) is 1. The largest absolute Gasteiger partial charge is 0.481 e. The molecule has 0 bridgehead atoms. The topological polar surface area (TPSA) is 80.3 Å². The van der Waals surface area contributed by atoms with E-state index in [1.807, 2.05) is 0 Å². The van der Waals surface area contributed by atoms with Crippen molar-refractivity contribution in [3.05, 3.63) is 18.3 Å². The van der Waals surface area contributed by atoms with Gasteiger partial charge in [0.15, 0.2) is 0 Å². The maximum atomic E-state index is 11.1. The number of methoxy groups -OCH3 is 1. The fourth-order valence-corrected chi connectivity index (χ4v) is 0.876. The standard InChI is InChI=1S/C9H11N3O3/c1-10-8(13)9(14)12-6-3-4-7(15-2)11-5-6/h3-5H,1-2H3,(H,10,13)(H,12,14). The van der Waals surface area contributed by atoms with Crippen LogP contribution in [-0.2, 0) is 9.59 Å². The Bertz CT molecular complexity index is 361. The molecule has 0 atom stereocenters. The molecule has 2 N–H and O–H groups in total. The molecule has 0 radical (unpaired) electrons. The second-order valence-electron chi connectivity index (χ2n) is 2.62. The van der Waals surface area contributed by atoms with Crippen molar-refractivity contribution >= 4 is 17.5 Å². The minimum absolute atomic E-state index is 0.435. The summed E-state index contributed by atoms with van der Waals surface area (Å²) >= 11 is 0. The molecule has 0 aromatic carbocycles. The number of pyridine rings is 1. The molecular weight excluding hydrogens is 198 g/mol. The highest BCUT2D eigenvalue weighted by Gasteiger charge is 2.10. The summed E-state index contributed by atoms with van der Waals surface area (Å²) in [5.74, 6) is -0.997. The third-order valence-corrected chi connectivity index (χ3v) is 1.64. The number of hydrogen-bond donors (Lipinski definition) is 2. The molecule has 0 aliphatic carbocycles. The van der Waals surface area contributed by atoms with Gasteiger partial charge in [0.1, 0.15) is 0 Å². The summed E-state index contributed by atoms with van der Waals surface area (Å²) in [5.41, 5.74) is 0.435. The quantitative estimate of drug-likeness (QED) is 0.659. The van der Waals surface area contributed by atoms with Crippen LogP contribution >= 0.6 is 0 Å². The molecule has 0 aliphatic heterocycles. The minimum Gasteiger partial charge on any atom is -0.481 e. The second-order valence-corrected chi connectivity index (χ2v) is 2.62. The van der Waals surface area contributed by atoms with Gasteiger partial charge in [0.2, 0.25) is 5.88 Å². The Balaban J connectivity index is 2.65. The van der Waals surface area contributed by atoms with E-state index in [2.05, 4.69) is 15.6 Å². The van der Waals surface area contributed by atoms with Crippen LogP contribution in [0.15, 0.2) is 18.3 Å². The first-order valence-corrected chi connectivity index (χ1v) is 4.20. The predicted molar refractivity (Wildman–Crippen MR) is 53.5 cm³/mol. The smallest absolute Gasteiger partial charge is 0.313 e. The van der Waals surface area contributed by atoms with Gasteiger partial charge in [0, 0.05) is 13.1 Å². The van der Waals surface area contributed by atoms with Crippen LogP contribution in [0, 0.1) is 0 Å². The number of hydrogen-bond acceptors (Lipinski definition) is 4. The summed E-state index contributed by atoms with van der Waals surface area (Å²) in [7, 11) is 2.87. The second kappa shape index (κ2) is 4.94. The number of carbonyl (C=O) groups excluding carboxylic acids is 2. The molecule has 6 nitrogen and oxygen atoms in total. The van der Waals surface area contributed by atoms with Crippen molar-refractivity contribution in [1.29, 1.82) is 0 Å². The summed E-state index contributed by atoms with van der Waals surface area (Å²) in [6.45, 7) is 0. The number of aromatic nitrogens is 1. The monoisotopic (exact) mass is 209 g/mol. The third-order valence-electron chi connectivity index (χ3n) is 1.64. The van der Waals surface area contributed by atoms with Crippen LogP contribution in [0.1, 0.15) is 0 Å². The number of nitrogens with zero attached hydrogens (tertiary/aromatic N) is 1. The molecule has 0 aliphatic rings. The van der Waals surface area contributed by atoms with E-state index in [4.69, 9.17) is 4.74 Å². The van der Waals surface area contributed by atoms with Crippen LogP contribution in [0.25, 0.3) is 0 Å². The van der Waals surface area contributed by atoms with Crippen LogP contribution < -0.4 is 15.4 Å². The molecule has 15 heavy (non-hydrogen) atoms. The van der Waals surface area contributed by atoms with E-state index in [1.165, 1.54) is 20.4 Å². The van der Waals surface area contributed by atoms with E-state index in [9.17, 15) is 9.59 Å². The van der Waals surface area contributed by atoms with Crippen LogP contribution in [0.4, 0.5) is 5.69 Å². The Morgan fingerprint density at radius 2 is 2.07 bits per heavy atom. The van der Waals surface area contributed by atoms with Crippen LogP contribution in [-0.4, -0.2) is 31.0 Å². The van der Waals surface area contributed by atoms with Crippen LogP contribution in [0.5, 0.6) is 5.88 Å². The first-order valence-electron chi connectivity index (χ1n) is 4.20. The molecule has 1 rings (SSSR count). The zero-order valence-corrected chi connectivity index (χ0v) is 8.40. The lowest BCUT2D eigenvalue weighted by molar-refractivity contribution is -0.135. The highest BCUT2D eigenvalue weighted by atomic mass is 16.5. The van der Waals surface area contributed by atoms with Gasteiger partial charge in [-0.1, -0.05) is 0 Å². The Hall–Kier alpha value is -2.11. The Morgan fingerprint density at radius 3 is 2.53 bits per heavy atom. The average Bonchev–Trinajstić information content (AvgIpc) is 2.29. The number of anilines is 1. The molecule has 2 amide bonds. The van der Waals surface area contributed by atoms with Gasteiger partial charge < -0.3 is 15.4 Å². The van der Waals surface area contributed by atoms with Crippen molar-refractivity contribution in [2.24, 2.45) is 0 Å². The average molecular weight is 209 g/mol. The zero-order valence-electron chi connectivity index (χ0n) is 8.40. The zero-order chi connectivity index (χ0) is 11.3. The maximum Gasteiger partial charge on any atom is 0.313 e. The van der Waals surface area contributed by atoms with Gasteiger partial charge in [0.25, 0.3) is 0 Å². The molecular formula is C9H11N3O3. The number of rotatable bonds is 2. The summed E-state index contributed by atoms with van der Waals surface area (Å²) in [4.78, 5) is 25.9. The van der Waals surface area contributed by atoms with E-state index in [-0.39, 0.29) is 0 Å². The molecule has 0 fully saturated rings. The molecule has 0 spiro atoms. The number of carbonyl (C=O) groups is 2. The Kier molecular flexibility index (Phi) is 3.61. The molecule has 6 heteroatoms. The van der Waals surface area contributed by atoms with Crippen LogP contribution in [0.3, 0.4) is 0 Å². The van der Waals surface area contributed by atoms with Crippen LogP contribution in [0.2, 0.25) is 0 Å². The lowest BCUT2D eigenvalue weighted by Gasteiger charge is -2.04. The van der Waals surface area contributed by atoms with E-state index in [0.717, 1.165) is 0 Å². The van der Waals surface area contributed by atoms with Crippen molar-refractivity contribution in [3.63, 3.8) is 0 Å². The normalized spacial score (nSPS) is 9.20. The van der Waals surface area contributed by atoms with Crippen molar-refractivity contribution in [1.82, 2.24) is 10.3 Å². The van der Waals surface area contributed by atoms with Gasteiger partial charge in [-0.05, 0) is 6.07 Å². The van der Waals surface area contributed by atoms with Crippen molar-refractivity contribution < 1.29 is 14.3 Å². The van der Waals surface area contributed by atoms with Gasteiger partial charge in [-0.15, -0.1) is 0 Å². The highest BCUT2D eigenvalue weighted by Crippen LogP contribution is 2.10. The molecule has 1 aromatic heterocycles. The SMILES string of the molecule is CNC(=O)C(=O)Nc1ccc(OC)nc1. The Labute approximate surface area is 86.6 Å². The third kappa shape index (κ3) is 2.94. The summed E-state index contributed by atoms with van der Waals surface area (Å²) in [5, 5.41) is 4.59. The molecule has 0 unspecified atom stereocenters. The van der Waals surface area contributed by atoms with Crippen molar-refractivity contribution in [2.45, 2.75) is 0 Å². The molecule has 1 heterocycles. The lowest BCUT2D eigenvalue weighted by atomic mass is 10.4. The lowest BCUT2D eigenvalue weighted by Crippen LogP contribution is -2.32. The van der Waals surface area contributed by atoms with Gasteiger partial charge in [0.05, 0.1) is 19.0 Å². The molecule has 1 aromatic rings. The van der Waals surface area contributed by atoms with E-state index < -0.39 is 11.8 Å². The van der Waals surface area contributed by atoms with E-state index in [0.29, 0.717) is 11.6 Å². The predicted octanol–water partition coefficient (Wildman–Crippen LogP) is -0.225. The van der Waals surface area contributed by atoms with E-state index >= 15 is 0 Å². The number of nitrogens with one attached hydrogen (secondary N) is 2. The summed E-state index contributed by atoms with van der Waals surface area (Å²) < 4.78 is 4.84. The van der Waals surface area contributed by atoms with E-state index in [1.54, 1.807) is 12.1 Å². The fourth-order valence-electron chi connectivity index (χ4n) is 0.876. The summed E-state index contributed by atoms with van der Waals surface area (Å²) in [6, 6.07) is 3.17.